The summed E-state index contributed by atoms with van der Waals surface area (Å²) in [7, 11) is 7.84. The van der Waals surface area contributed by atoms with E-state index < -0.39 is 65.8 Å². The van der Waals surface area contributed by atoms with Crippen LogP contribution in [0, 0.1) is 23.7 Å². The first-order valence-electron chi connectivity index (χ1n) is 27.0. The lowest BCUT2D eigenvalue weighted by Gasteiger charge is -2.23. The topological polar surface area (TPSA) is 262 Å². The first-order chi connectivity index (χ1) is 33.9. The molecule has 0 fully saturated rings. The second-order valence-electron chi connectivity index (χ2n) is 19.8. The van der Waals surface area contributed by atoms with Gasteiger partial charge >= 0.3 is 0 Å². The summed E-state index contributed by atoms with van der Waals surface area (Å²) in [6.07, 6.45) is 7.08. The maximum absolute atomic E-state index is 14.4. The van der Waals surface area contributed by atoms with Crippen LogP contribution in [0.5, 0.6) is 0 Å². The number of Topliss-reactive ketones (excluding diaryl/α,β-unsaturated/α-hetero) is 3. The molecule has 0 saturated heterocycles. The second kappa shape index (κ2) is 42.6. The third-order valence-electron chi connectivity index (χ3n) is 12.8. The standard InChI is InChI=1S/C52H101N11O8/c1-9-12-15-17-22-55-48(67)39-42(35-45(64)34-41(4)50(69)57-23-18-16-13-10-2)47(66)38-43(51(70)59-25-29-63(8)33-31-61(6)27-20-54)36-46(65)37-44(52(71)58-21-14-11-3)40-49(68)56-24-28-62(7)32-30-60(5)26-19-53/h41-44H,9-40,53-54H2,1-8H3,(H,55,67)(H,56,68)(H,57,69)(H,58,71)(H,59,70). The number of amides is 5. The molecule has 412 valence electrons. The fourth-order valence-corrected chi connectivity index (χ4v) is 7.96. The molecule has 5 amide bonds. The number of nitrogens with two attached hydrogens (primary N) is 2. The van der Waals surface area contributed by atoms with Crippen molar-refractivity contribution in [2.45, 2.75) is 137 Å². The number of nitrogens with one attached hydrogen (secondary N) is 5. The maximum Gasteiger partial charge on any atom is 0.224 e. The molecule has 0 heterocycles. The van der Waals surface area contributed by atoms with Gasteiger partial charge in [-0.3, -0.25) is 38.4 Å². The Morgan fingerprint density at radius 3 is 1.24 bits per heavy atom. The summed E-state index contributed by atoms with van der Waals surface area (Å²) in [6.45, 7) is 16.4. The van der Waals surface area contributed by atoms with E-state index in [-0.39, 0.29) is 56.2 Å². The maximum atomic E-state index is 14.4. The van der Waals surface area contributed by atoms with Crippen LogP contribution in [-0.4, -0.2) is 193 Å². The minimum absolute atomic E-state index is 0.125. The van der Waals surface area contributed by atoms with Crippen LogP contribution in [0.2, 0.25) is 0 Å². The van der Waals surface area contributed by atoms with Crippen LogP contribution in [0.25, 0.3) is 0 Å². The van der Waals surface area contributed by atoms with Crippen LogP contribution in [0.4, 0.5) is 0 Å². The van der Waals surface area contributed by atoms with E-state index in [4.69, 9.17) is 11.5 Å². The third kappa shape index (κ3) is 35.8. The number of rotatable bonds is 47. The number of carbonyl (C=O) groups is 8. The first kappa shape index (κ1) is 67.1. The van der Waals surface area contributed by atoms with Crippen LogP contribution in [0.1, 0.15) is 137 Å². The van der Waals surface area contributed by atoms with E-state index in [9.17, 15) is 38.4 Å². The Morgan fingerprint density at radius 2 is 0.746 bits per heavy atom. The molecule has 71 heavy (non-hydrogen) atoms. The lowest BCUT2D eigenvalue weighted by atomic mass is 9.84. The van der Waals surface area contributed by atoms with Crippen LogP contribution in [0.15, 0.2) is 0 Å². The average molecular weight is 1010 g/mol. The molecule has 9 N–H and O–H groups in total. The Hall–Kier alpha value is -3.88. The Morgan fingerprint density at radius 1 is 0.380 bits per heavy atom. The molecule has 0 aliphatic heterocycles. The van der Waals surface area contributed by atoms with Crippen molar-refractivity contribution >= 4 is 46.9 Å². The number of hydrogen-bond donors (Lipinski definition) is 7. The van der Waals surface area contributed by atoms with Crippen molar-refractivity contribution < 1.29 is 38.4 Å². The highest BCUT2D eigenvalue weighted by molar-refractivity contribution is 5.97. The fraction of sp³-hybridized carbons (Fsp3) is 0.846. The van der Waals surface area contributed by atoms with Gasteiger partial charge in [0.2, 0.25) is 29.5 Å². The molecule has 0 radical (unpaired) electrons. The van der Waals surface area contributed by atoms with Crippen molar-refractivity contribution in [1.82, 2.24) is 46.2 Å². The largest absolute Gasteiger partial charge is 0.356 e. The Balaban J connectivity index is 6.43. The molecule has 0 aromatic carbocycles. The highest BCUT2D eigenvalue weighted by Gasteiger charge is 2.33. The van der Waals surface area contributed by atoms with Gasteiger partial charge in [0, 0.05) is 155 Å². The normalized spacial score (nSPS) is 13.2. The van der Waals surface area contributed by atoms with Gasteiger partial charge in [-0.05, 0) is 47.5 Å². The number of likely N-dealkylation sites (N-methyl/N-ethyl adjacent to an activating group) is 4. The Bertz CT molecular complexity index is 1520. The van der Waals surface area contributed by atoms with E-state index >= 15 is 0 Å². The molecule has 0 spiro atoms. The fourth-order valence-electron chi connectivity index (χ4n) is 7.96. The number of hydrogen-bond acceptors (Lipinski definition) is 14. The first-order valence-corrected chi connectivity index (χ1v) is 27.0. The predicted octanol–water partition coefficient (Wildman–Crippen LogP) is 2.10. The molecule has 0 bridgehead atoms. The summed E-state index contributed by atoms with van der Waals surface area (Å²) in [5.74, 6) is -7.35. The summed E-state index contributed by atoms with van der Waals surface area (Å²) in [4.78, 5) is 117. The van der Waals surface area contributed by atoms with Crippen molar-refractivity contribution in [3.63, 3.8) is 0 Å². The minimum atomic E-state index is -1.18. The lowest BCUT2D eigenvalue weighted by molar-refractivity contribution is -0.137. The lowest BCUT2D eigenvalue weighted by Crippen LogP contribution is -2.41. The van der Waals surface area contributed by atoms with Gasteiger partial charge in [0.1, 0.15) is 17.3 Å². The van der Waals surface area contributed by atoms with Crippen LogP contribution in [0.3, 0.4) is 0 Å². The van der Waals surface area contributed by atoms with Crippen molar-refractivity contribution in [3.8, 4) is 0 Å². The van der Waals surface area contributed by atoms with E-state index in [0.29, 0.717) is 65.3 Å². The quantitative estimate of drug-likeness (QED) is 0.0431. The van der Waals surface area contributed by atoms with Gasteiger partial charge in [0.15, 0.2) is 0 Å². The van der Waals surface area contributed by atoms with Crippen molar-refractivity contribution in [1.29, 1.82) is 0 Å². The molecule has 4 atom stereocenters. The van der Waals surface area contributed by atoms with Gasteiger partial charge in [-0.25, -0.2) is 0 Å². The highest BCUT2D eigenvalue weighted by atomic mass is 16.2. The Labute approximate surface area is 428 Å². The monoisotopic (exact) mass is 1010 g/mol. The van der Waals surface area contributed by atoms with Crippen LogP contribution >= 0.6 is 0 Å². The highest BCUT2D eigenvalue weighted by Crippen LogP contribution is 2.23. The minimum Gasteiger partial charge on any atom is -0.356 e. The van der Waals surface area contributed by atoms with E-state index in [0.717, 1.165) is 90.5 Å². The van der Waals surface area contributed by atoms with Crippen molar-refractivity contribution in [2.75, 3.05) is 126 Å². The van der Waals surface area contributed by atoms with Crippen LogP contribution < -0.4 is 38.1 Å². The number of unbranched alkanes of at least 4 members (excludes halogenated alkanes) is 7. The third-order valence-corrected chi connectivity index (χ3v) is 12.8. The molecule has 19 nitrogen and oxygen atoms in total. The van der Waals surface area contributed by atoms with Crippen LogP contribution in [-0.2, 0) is 38.4 Å². The summed E-state index contributed by atoms with van der Waals surface area (Å²) in [5, 5.41) is 14.4. The van der Waals surface area contributed by atoms with Gasteiger partial charge < -0.3 is 57.7 Å². The molecule has 0 aromatic heterocycles. The zero-order valence-electron chi connectivity index (χ0n) is 45.6. The number of ketones is 3. The molecule has 0 aliphatic carbocycles. The molecule has 4 unspecified atom stereocenters. The van der Waals surface area contributed by atoms with E-state index in [1.165, 1.54) is 0 Å². The molecular formula is C52H101N11O8. The predicted molar refractivity (Wildman–Crippen MR) is 283 cm³/mol. The summed E-state index contributed by atoms with van der Waals surface area (Å²) >= 11 is 0. The SMILES string of the molecule is CCCCCCNC(=O)CC(CC(=O)CC(C)C(=O)NCCCCCC)C(=O)CC(CC(=O)CC(CC(=O)NCCN(C)CCN(C)CCN)C(=O)NCCCC)C(=O)NCCN(C)CCN(C)CCN. The number of nitrogens with zero attached hydrogens (tertiary/aromatic N) is 4. The second-order valence-corrected chi connectivity index (χ2v) is 19.8. The molecular weight excluding hydrogens is 907 g/mol. The number of carbonyl (C=O) groups excluding carboxylic acids is 8. The summed E-state index contributed by atoms with van der Waals surface area (Å²) < 4.78 is 0. The van der Waals surface area contributed by atoms with Gasteiger partial charge in [-0.2, -0.15) is 0 Å². The van der Waals surface area contributed by atoms with Crippen molar-refractivity contribution in [3.05, 3.63) is 0 Å². The molecule has 0 aromatic rings. The van der Waals surface area contributed by atoms with Gasteiger partial charge in [-0.15, -0.1) is 0 Å². The van der Waals surface area contributed by atoms with Gasteiger partial charge in [0.05, 0.1) is 11.8 Å². The molecule has 19 heteroatoms. The zero-order chi connectivity index (χ0) is 53.4. The summed E-state index contributed by atoms with van der Waals surface area (Å²) in [5.41, 5.74) is 11.3. The molecule has 0 saturated carbocycles. The molecule has 0 rings (SSSR count). The van der Waals surface area contributed by atoms with E-state index in [1.54, 1.807) is 6.92 Å². The van der Waals surface area contributed by atoms with Gasteiger partial charge in [0.25, 0.3) is 0 Å². The van der Waals surface area contributed by atoms with Crippen molar-refractivity contribution in [2.24, 2.45) is 35.1 Å². The zero-order valence-corrected chi connectivity index (χ0v) is 45.6. The van der Waals surface area contributed by atoms with E-state index in [2.05, 4.69) is 55.1 Å². The Kier molecular flexibility index (Phi) is 40.3. The average Bonchev–Trinajstić information content (AvgIpc) is 3.31. The summed E-state index contributed by atoms with van der Waals surface area (Å²) in [6, 6.07) is 0. The molecule has 0 aliphatic rings. The van der Waals surface area contributed by atoms with E-state index in [1.807, 2.05) is 40.0 Å². The van der Waals surface area contributed by atoms with Gasteiger partial charge in [-0.1, -0.05) is 72.6 Å². The smallest absolute Gasteiger partial charge is 0.224 e.